The fourth-order valence-electron chi connectivity index (χ4n) is 1.59. The predicted octanol–water partition coefficient (Wildman–Crippen LogP) is 3.28. The topological polar surface area (TPSA) is 58.6 Å². The van der Waals surface area contributed by atoms with Gasteiger partial charge < -0.3 is 15.2 Å². The second kappa shape index (κ2) is 5.91. The van der Waals surface area contributed by atoms with E-state index in [4.69, 9.17) is 9.84 Å². The van der Waals surface area contributed by atoms with E-state index < -0.39 is 5.97 Å². The number of rotatable bonds is 5. The van der Waals surface area contributed by atoms with E-state index in [1.807, 2.05) is 43.3 Å². The van der Waals surface area contributed by atoms with E-state index in [0.717, 1.165) is 5.75 Å². The number of nitrogens with one attached hydrogen (secondary N) is 1. The minimum atomic E-state index is -0.898. The summed E-state index contributed by atoms with van der Waals surface area (Å²) in [6.07, 6.45) is 0. The van der Waals surface area contributed by atoms with Crippen LogP contribution in [0.5, 0.6) is 11.5 Å². The molecule has 2 aromatic carbocycles. The Bertz CT molecular complexity index is 564. The van der Waals surface area contributed by atoms with Crippen molar-refractivity contribution in [2.75, 3.05) is 11.9 Å². The van der Waals surface area contributed by atoms with Crippen molar-refractivity contribution in [2.45, 2.75) is 6.92 Å². The SMILES string of the molecule is Cc1ccc(Oc2cccc(NCC(=O)O)c2)cc1. The molecule has 0 saturated heterocycles. The number of carbonyl (C=O) groups is 1. The van der Waals surface area contributed by atoms with Crippen molar-refractivity contribution in [1.29, 1.82) is 0 Å². The highest BCUT2D eigenvalue weighted by Crippen LogP contribution is 2.24. The summed E-state index contributed by atoms with van der Waals surface area (Å²) in [6.45, 7) is 1.90. The van der Waals surface area contributed by atoms with Crippen LogP contribution >= 0.6 is 0 Å². The molecular weight excluding hydrogens is 242 g/mol. The molecule has 2 N–H and O–H groups in total. The van der Waals surface area contributed by atoms with Crippen LogP contribution in [0.1, 0.15) is 5.56 Å². The predicted molar refractivity (Wildman–Crippen MR) is 73.8 cm³/mol. The lowest BCUT2D eigenvalue weighted by Gasteiger charge is -2.08. The third-order valence-corrected chi connectivity index (χ3v) is 2.53. The van der Waals surface area contributed by atoms with Crippen LogP contribution in [0.3, 0.4) is 0 Å². The molecule has 0 fully saturated rings. The van der Waals surface area contributed by atoms with Crippen LogP contribution < -0.4 is 10.1 Å². The first-order valence-corrected chi connectivity index (χ1v) is 5.94. The first kappa shape index (κ1) is 13.0. The summed E-state index contributed by atoms with van der Waals surface area (Å²) in [6, 6.07) is 14.9. The molecule has 2 rings (SSSR count). The molecular formula is C15H15NO3. The van der Waals surface area contributed by atoms with Gasteiger partial charge in [0.05, 0.1) is 0 Å². The van der Waals surface area contributed by atoms with E-state index in [0.29, 0.717) is 11.4 Å². The number of carboxylic acid groups (broad SMARTS) is 1. The van der Waals surface area contributed by atoms with E-state index >= 15 is 0 Å². The Morgan fingerprint density at radius 3 is 2.58 bits per heavy atom. The highest BCUT2D eigenvalue weighted by Gasteiger charge is 2.00. The van der Waals surface area contributed by atoms with Gasteiger partial charge in [-0.15, -0.1) is 0 Å². The second-order valence-corrected chi connectivity index (χ2v) is 4.19. The van der Waals surface area contributed by atoms with Gasteiger partial charge in [0.2, 0.25) is 0 Å². The van der Waals surface area contributed by atoms with Gasteiger partial charge in [0.25, 0.3) is 0 Å². The van der Waals surface area contributed by atoms with Crippen molar-refractivity contribution in [3.05, 3.63) is 54.1 Å². The van der Waals surface area contributed by atoms with E-state index in [2.05, 4.69) is 5.32 Å². The molecule has 98 valence electrons. The Kier molecular flexibility index (Phi) is 4.03. The molecule has 0 saturated carbocycles. The van der Waals surface area contributed by atoms with Crippen molar-refractivity contribution < 1.29 is 14.6 Å². The molecule has 2 aromatic rings. The molecule has 4 heteroatoms. The third-order valence-electron chi connectivity index (χ3n) is 2.53. The molecule has 0 radical (unpaired) electrons. The lowest BCUT2D eigenvalue weighted by Crippen LogP contribution is -2.12. The molecule has 0 aliphatic rings. The van der Waals surface area contributed by atoms with Gasteiger partial charge in [0.15, 0.2) is 0 Å². The van der Waals surface area contributed by atoms with Gasteiger partial charge in [-0.2, -0.15) is 0 Å². The van der Waals surface area contributed by atoms with Crippen molar-refractivity contribution in [3.8, 4) is 11.5 Å². The summed E-state index contributed by atoms with van der Waals surface area (Å²) in [5, 5.41) is 11.4. The van der Waals surface area contributed by atoms with E-state index in [-0.39, 0.29) is 6.54 Å². The standard InChI is InChI=1S/C15H15NO3/c1-11-5-7-13(8-6-11)19-14-4-2-3-12(9-14)16-10-15(17)18/h2-9,16H,10H2,1H3,(H,17,18). The number of ether oxygens (including phenoxy) is 1. The van der Waals surface area contributed by atoms with Crippen molar-refractivity contribution >= 4 is 11.7 Å². The van der Waals surface area contributed by atoms with Crippen LogP contribution in [0.2, 0.25) is 0 Å². The molecule has 0 spiro atoms. The largest absolute Gasteiger partial charge is 0.480 e. The van der Waals surface area contributed by atoms with Gasteiger partial charge in [-0.05, 0) is 31.2 Å². The molecule has 0 aromatic heterocycles. The molecule has 19 heavy (non-hydrogen) atoms. The number of hydrogen-bond acceptors (Lipinski definition) is 3. The van der Waals surface area contributed by atoms with Crippen molar-refractivity contribution in [1.82, 2.24) is 0 Å². The number of aliphatic carboxylic acids is 1. The number of hydrogen-bond donors (Lipinski definition) is 2. The number of carboxylic acids is 1. The lowest BCUT2D eigenvalue weighted by atomic mass is 10.2. The summed E-state index contributed by atoms with van der Waals surface area (Å²) in [7, 11) is 0. The van der Waals surface area contributed by atoms with Gasteiger partial charge in [0, 0.05) is 11.8 Å². The molecule has 0 atom stereocenters. The van der Waals surface area contributed by atoms with Gasteiger partial charge in [-0.3, -0.25) is 4.79 Å². The van der Waals surface area contributed by atoms with Gasteiger partial charge >= 0.3 is 5.97 Å². The van der Waals surface area contributed by atoms with Crippen molar-refractivity contribution in [3.63, 3.8) is 0 Å². The van der Waals surface area contributed by atoms with E-state index in [9.17, 15) is 4.79 Å². The number of anilines is 1. The summed E-state index contributed by atoms with van der Waals surface area (Å²) in [5.74, 6) is 0.519. The van der Waals surface area contributed by atoms with Gasteiger partial charge in [0.1, 0.15) is 18.0 Å². The normalized spacial score (nSPS) is 9.95. The van der Waals surface area contributed by atoms with Crippen LogP contribution in [0, 0.1) is 6.92 Å². The van der Waals surface area contributed by atoms with E-state index in [1.165, 1.54) is 5.56 Å². The van der Waals surface area contributed by atoms with Gasteiger partial charge in [-0.25, -0.2) is 0 Å². The molecule has 0 amide bonds. The zero-order chi connectivity index (χ0) is 13.7. The maximum atomic E-state index is 10.5. The Hall–Kier alpha value is -2.49. The summed E-state index contributed by atoms with van der Waals surface area (Å²) >= 11 is 0. The van der Waals surface area contributed by atoms with Crippen LogP contribution in [0.4, 0.5) is 5.69 Å². The maximum Gasteiger partial charge on any atom is 0.322 e. The van der Waals surface area contributed by atoms with Crippen LogP contribution in [-0.2, 0) is 4.79 Å². The second-order valence-electron chi connectivity index (χ2n) is 4.19. The highest BCUT2D eigenvalue weighted by molar-refractivity contribution is 5.72. The minimum absolute atomic E-state index is 0.117. The zero-order valence-corrected chi connectivity index (χ0v) is 10.6. The van der Waals surface area contributed by atoms with Crippen LogP contribution in [0.15, 0.2) is 48.5 Å². The number of benzene rings is 2. The zero-order valence-electron chi connectivity index (χ0n) is 10.6. The summed E-state index contributed by atoms with van der Waals surface area (Å²) in [5.41, 5.74) is 1.89. The first-order chi connectivity index (χ1) is 9.13. The molecule has 0 aliphatic heterocycles. The fourth-order valence-corrected chi connectivity index (χ4v) is 1.59. The van der Waals surface area contributed by atoms with Crippen LogP contribution in [-0.4, -0.2) is 17.6 Å². The number of aryl methyl sites for hydroxylation is 1. The smallest absolute Gasteiger partial charge is 0.322 e. The Morgan fingerprint density at radius 1 is 1.16 bits per heavy atom. The first-order valence-electron chi connectivity index (χ1n) is 5.94. The Morgan fingerprint density at radius 2 is 1.89 bits per heavy atom. The highest BCUT2D eigenvalue weighted by atomic mass is 16.5. The third kappa shape index (κ3) is 4.03. The molecule has 0 heterocycles. The molecule has 4 nitrogen and oxygen atoms in total. The molecule has 0 bridgehead atoms. The van der Waals surface area contributed by atoms with Crippen LogP contribution in [0.25, 0.3) is 0 Å². The maximum absolute atomic E-state index is 10.5. The minimum Gasteiger partial charge on any atom is -0.480 e. The van der Waals surface area contributed by atoms with E-state index in [1.54, 1.807) is 12.1 Å². The lowest BCUT2D eigenvalue weighted by molar-refractivity contribution is -0.134. The summed E-state index contributed by atoms with van der Waals surface area (Å²) < 4.78 is 5.69. The average molecular weight is 257 g/mol. The van der Waals surface area contributed by atoms with Gasteiger partial charge in [-0.1, -0.05) is 23.8 Å². The quantitative estimate of drug-likeness (QED) is 0.863. The molecule has 0 unspecified atom stereocenters. The molecule has 0 aliphatic carbocycles. The average Bonchev–Trinajstić information content (AvgIpc) is 2.40. The van der Waals surface area contributed by atoms with Crippen molar-refractivity contribution in [2.24, 2.45) is 0 Å². The summed E-state index contributed by atoms with van der Waals surface area (Å²) in [4.78, 5) is 10.5. The Labute approximate surface area is 111 Å². The Balaban J connectivity index is 2.06. The monoisotopic (exact) mass is 257 g/mol. The fraction of sp³-hybridized carbons (Fsp3) is 0.133.